The third kappa shape index (κ3) is 34.7. The Hall–Kier alpha value is -1.02. The Morgan fingerprint density at radius 2 is 0.966 bits per heavy atom. The van der Waals surface area contributed by atoms with E-state index in [0.29, 0.717) is 49.7 Å². The molecule has 0 spiro atoms. The summed E-state index contributed by atoms with van der Waals surface area (Å²) in [6, 6.07) is 0.651. The van der Waals surface area contributed by atoms with E-state index in [0.717, 1.165) is 64.8 Å². The Balaban J connectivity index is 2.43. The number of unbranched alkanes of at least 4 members (excludes halogenated alkanes) is 19. The summed E-state index contributed by atoms with van der Waals surface area (Å²) < 4.78 is 11.7. The first-order chi connectivity index (χ1) is 28.5. The highest BCUT2D eigenvalue weighted by Crippen LogP contribution is 2.27. The van der Waals surface area contributed by atoms with Crippen molar-refractivity contribution in [1.29, 1.82) is 0 Å². The van der Waals surface area contributed by atoms with Crippen LogP contribution >= 0.6 is 0 Å². The maximum absolute atomic E-state index is 12.9. The summed E-state index contributed by atoms with van der Waals surface area (Å²) in [6.07, 6.45) is 39.5. The van der Waals surface area contributed by atoms with Gasteiger partial charge in [0.05, 0.1) is 13.2 Å². The van der Waals surface area contributed by atoms with Gasteiger partial charge in [0.2, 0.25) is 0 Å². The topological polar surface area (TPSA) is 79.3 Å². The van der Waals surface area contributed by atoms with Crippen LogP contribution < -0.4 is 0 Å². The molecule has 0 aliphatic heterocycles. The van der Waals surface area contributed by atoms with Gasteiger partial charge in [-0.3, -0.25) is 14.5 Å². The second kappa shape index (κ2) is 41.3. The van der Waals surface area contributed by atoms with Gasteiger partial charge in [0.25, 0.3) is 0 Å². The summed E-state index contributed by atoms with van der Waals surface area (Å²) in [4.78, 5) is 30.8. The fraction of sp³-hybridized carbons (Fsp3) is 0.961. The zero-order chi connectivity index (χ0) is 42.2. The summed E-state index contributed by atoms with van der Waals surface area (Å²) in [5.74, 6) is 1.31. The Morgan fingerprint density at radius 1 is 0.517 bits per heavy atom. The average molecular weight is 821 g/mol. The molecule has 2 atom stereocenters. The van der Waals surface area contributed by atoms with Gasteiger partial charge in [-0.15, -0.1) is 0 Å². The maximum atomic E-state index is 12.9. The Morgan fingerprint density at radius 3 is 1.48 bits per heavy atom. The number of hydrogen-bond donors (Lipinski definition) is 1. The lowest BCUT2D eigenvalue weighted by molar-refractivity contribution is -0.145. The highest BCUT2D eigenvalue weighted by atomic mass is 16.5. The predicted molar refractivity (Wildman–Crippen MR) is 248 cm³/mol. The van der Waals surface area contributed by atoms with Crippen LogP contribution in [0, 0.1) is 11.8 Å². The number of ketones is 1. The van der Waals surface area contributed by atoms with E-state index in [-0.39, 0.29) is 19.2 Å². The third-order valence-corrected chi connectivity index (χ3v) is 12.6. The molecule has 0 radical (unpaired) electrons. The second-order valence-corrected chi connectivity index (χ2v) is 18.4. The molecule has 7 nitrogen and oxygen atoms in total. The first kappa shape index (κ1) is 55.0. The summed E-state index contributed by atoms with van der Waals surface area (Å²) in [5.41, 5.74) is 0. The lowest BCUT2D eigenvalue weighted by atomic mass is 9.90. The van der Waals surface area contributed by atoms with Gasteiger partial charge in [-0.1, -0.05) is 169 Å². The van der Waals surface area contributed by atoms with Gasteiger partial charge < -0.3 is 19.5 Å². The first-order valence-corrected chi connectivity index (χ1v) is 25.8. The molecule has 0 aromatic heterocycles. The van der Waals surface area contributed by atoms with Crippen molar-refractivity contribution < 1.29 is 24.2 Å². The van der Waals surface area contributed by atoms with Crippen molar-refractivity contribution in [2.24, 2.45) is 11.8 Å². The molecule has 1 aliphatic rings. The van der Waals surface area contributed by atoms with Crippen LogP contribution in [0.1, 0.15) is 240 Å². The lowest BCUT2D eigenvalue weighted by Gasteiger charge is -2.27. The number of esters is 1. The van der Waals surface area contributed by atoms with Crippen molar-refractivity contribution in [1.82, 2.24) is 9.80 Å². The standard InChI is InChI=1S/C51H100N2O5/c1-5-9-13-17-19-24-31-47(30-22-15-11-7-3)44-50(55)46-57-42-29-27-37-52(38-39-53(40-41-54)49-34-35-49)36-26-21-28-43-58-51(56)45-48(32-23-16-12-8-4)33-25-20-18-14-10-6-2/h47-49,54H,5-46H2,1-4H3. The normalized spacial score (nSPS) is 14.1. The number of rotatable bonds is 47. The van der Waals surface area contributed by atoms with Crippen molar-refractivity contribution in [3.8, 4) is 0 Å². The number of carbonyl (C=O) groups is 2. The predicted octanol–water partition coefficient (Wildman–Crippen LogP) is 13.3. The second-order valence-electron chi connectivity index (χ2n) is 18.4. The van der Waals surface area contributed by atoms with Crippen LogP contribution in [0.3, 0.4) is 0 Å². The molecule has 0 aromatic carbocycles. The quantitative estimate of drug-likeness (QED) is 0.0484. The molecule has 0 aromatic rings. The van der Waals surface area contributed by atoms with E-state index < -0.39 is 0 Å². The monoisotopic (exact) mass is 821 g/mol. The number of ether oxygens (including phenoxy) is 2. The van der Waals surface area contributed by atoms with Crippen LogP contribution in [0.5, 0.6) is 0 Å². The highest BCUT2D eigenvalue weighted by Gasteiger charge is 2.28. The Bertz CT molecular complexity index is 840. The van der Waals surface area contributed by atoms with Crippen LogP contribution in [0.15, 0.2) is 0 Å². The minimum Gasteiger partial charge on any atom is -0.466 e. The summed E-state index contributed by atoms with van der Waals surface area (Å²) in [7, 11) is 0. The highest BCUT2D eigenvalue weighted by molar-refractivity contribution is 5.79. The molecule has 1 rings (SSSR count). The largest absolute Gasteiger partial charge is 0.466 e. The Labute approximate surface area is 361 Å². The third-order valence-electron chi connectivity index (χ3n) is 12.6. The number of aliphatic hydroxyl groups is 1. The van der Waals surface area contributed by atoms with E-state index in [1.165, 1.54) is 167 Å². The van der Waals surface area contributed by atoms with E-state index in [2.05, 4.69) is 37.5 Å². The molecule has 1 aliphatic carbocycles. The van der Waals surface area contributed by atoms with E-state index in [1.807, 2.05) is 0 Å². The van der Waals surface area contributed by atoms with E-state index >= 15 is 0 Å². The minimum atomic E-state index is 0.0106. The van der Waals surface area contributed by atoms with Gasteiger partial charge in [-0.2, -0.15) is 0 Å². The molecule has 344 valence electrons. The van der Waals surface area contributed by atoms with Crippen molar-refractivity contribution >= 4 is 11.8 Å². The van der Waals surface area contributed by atoms with Crippen molar-refractivity contribution in [3.63, 3.8) is 0 Å². The summed E-state index contributed by atoms with van der Waals surface area (Å²) in [5, 5.41) is 9.64. The molecule has 0 amide bonds. The van der Waals surface area contributed by atoms with Crippen LogP contribution in [0.25, 0.3) is 0 Å². The molecule has 1 saturated carbocycles. The van der Waals surface area contributed by atoms with Gasteiger partial charge in [0.1, 0.15) is 6.61 Å². The van der Waals surface area contributed by atoms with Crippen LogP contribution in [0.4, 0.5) is 0 Å². The molecular weight excluding hydrogens is 721 g/mol. The molecule has 7 heteroatoms. The molecule has 0 bridgehead atoms. The molecule has 0 heterocycles. The first-order valence-electron chi connectivity index (χ1n) is 25.8. The van der Waals surface area contributed by atoms with Crippen molar-refractivity contribution in [3.05, 3.63) is 0 Å². The smallest absolute Gasteiger partial charge is 0.306 e. The number of aliphatic hydroxyl groups excluding tert-OH is 1. The van der Waals surface area contributed by atoms with Crippen LogP contribution in [-0.2, 0) is 19.1 Å². The van der Waals surface area contributed by atoms with E-state index in [4.69, 9.17) is 9.47 Å². The summed E-state index contributed by atoms with van der Waals surface area (Å²) >= 11 is 0. The number of nitrogens with zero attached hydrogens (tertiary/aromatic N) is 2. The zero-order valence-corrected chi connectivity index (χ0v) is 39.4. The van der Waals surface area contributed by atoms with Crippen molar-refractivity contribution in [2.45, 2.75) is 246 Å². The summed E-state index contributed by atoms with van der Waals surface area (Å²) in [6.45, 7) is 15.6. The van der Waals surface area contributed by atoms with E-state index in [1.54, 1.807) is 0 Å². The lowest BCUT2D eigenvalue weighted by Crippen LogP contribution is -2.38. The Kier molecular flexibility index (Phi) is 39.2. The van der Waals surface area contributed by atoms with Gasteiger partial charge >= 0.3 is 5.97 Å². The fourth-order valence-corrected chi connectivity index (χ4v) is 8.69. The fourth-order valence-electron chi connectivity index (χ4n) is 8.69. The number of Topliss-reactive ketones (excluding diaryl/α,β-unsaturated/α-hetero) is 1. The molecule has 58 heavy (non-hydrogen) atoms. The van der Waals surface area contributed by atoms with Crippen molar-refractivity contribution in [2.75, 3.05) is 59.2 Å². The van der Waals surface area contributed by atoms with Crippen LogP contribution in [0.2, 0.25) is 0 Å². The van der Waals surface area contributed by atoms with Crippen LogP contribution in [-0.4, -0.2) is 91.9 Å². The molecule has 1 N–H and O–H groups in total. The molecule has 0 saturated heterocycles. The van der Waals surface area contributed by atoms with E-state index in [9.17, 15) is 14.7 Å². The average Bonchev–Trinajstić information content (AvgIpc) is 4.07. The van der Waals surface area contributed by atoms with Gasteiger partial charge in [-0.05, 0) is 82.7 Å². The SMILES string of the molecule is CCCCCCCCC(CCCCCC)CC(=O)COCCCCN(CCCCCOC(=O)CC(CCCCCC)CCCCCCCC)CCN(CCO)C1CC1. The molecule has 2 unspecified atom stereocenters. The zero-order valence-electron chi connectivity index (χ0n) is 39.4. The number of hydrogen-bond acceptors (Lipinski definition) is 7. The van der Waals surface area contributed by atoms with Gasteiger partial charge in [0.15, 0.2) is 5.78 Å². The molecule has 1 fully saturated rings. The molecular formula is C51H100N2O5. The van der Waals surface area contributed by atoms with Gasteiger partial charge in [-0.25, -0.2) is 0 Å². The van der Waals surface area contributed by atoms with Gasteiger partial charge in [0, 0.05) is 45.1 Å². The minimum absolute atomic E-state index is 0.0106. The number of carbonyl (C=O) groups excluding carboxylic acids is 2. The maximum Gasteiger partial charge on any atom is 0.306 e.